The number of aromatic nitrogens is 1. The van der Waals surface area contributed by atoms with Crippen LogP contribution in [0, 0.1) is 6.92 Å². The number of para-hydroxylation sites is 2. The lowest BCUT2D eigenvalue weighted by molar-refractivity contribution is -0.119. The summed E-state index contributed by atoms with van der Waals surface area (Å²) >= 11 is 1.54. The third kappa shape index (κ3) is 4.17. The average molecular weight is 394 g/mol. The maximum Gasteiger partial charge on any atom is 0.339 e. The smallest absolute Gasteiger partial charge is 0.339 e. The standard InChI is InChI=1S/C22H22N2O3S/c1-4-16-14(2)21(15-9-5-6-10-17(15)23-16)22(26)27-13-20(25)24-18-11-7-8-12-19(18)28-3/h5-12H,4,13H2,1-3H3,(H,24,25). The second-order valence-electron chi connectivity index (χ2n) is 6.25. The van der Waals surface area contributed by atoms with Crippen molar-refractivity contribution < 1.29 is 14.3 Å². The van der Waals surface area contributed by atoms with Crippen LogP contribution in [0.1, 0.15) is 28.5 Å². The van der Waals surface area contributed by atoms with Crippen molar-refractivity contribution in [1.82, 2.24) is 4.98 Å². The van der Waals surface area contributed by atoms with Crippen molar-refractivity contribution in [1.29, 1.82) is 0 Å². The highest BCUT2D eigenvalue weighted by atomic mass is 32.2. The molecule has 0 bridgehead atoms. The van der Waals surface area contributed by atoms with Crippen LogP contribution in [0.25, 0.3) is 10.9 Å². The van der Waals surface area contributed by atoms with Crippen LogP contribution in [0.5, 0.6) is 0 Å². The van der Waals surface area contributed by atoms with E-state index in [4.69, 9.17) is 4.74 Å². The van der Waals surface area contributed by atoms with Gasteiger partial charge in [0, 0.05) is 16.0 Å². The Hall–Kier alpha value is -2.86. The largest absolute Gasteiger partial charge is 0.452 e. The Kier molecular flexibility index (Phi) is 6.31. The zero-order valence-corrected chi connectivity index (χ0v) is 16.9. The normalized spacial score (nSPS) is 10.7. The van der Waals surface area contributed by atoms with Crippen molar-refractivity contribution in [2.75, 3.05) is 18.2 Å². The molecule has 0 saturated carbocycles. The fourth-order valence-corrected chi connectivity index (χ4v) is 3.66. The minimum atomic E-state index is -0.515. The van der Waals surface area contributed by atoms with Gasteiger partial charge in [-0.1, -0.05) is 37.3 Å². The summed E-state index contributed by atoms with van der Waals surface area (Å²) in [5.74, 6) is -0.888. The maximum absolute atomic E-state index is 12.8. The van der Waals surface area contributed by atoms with E-state index in [1.165, 1.54) is 11.8 Å². The summed E-state index contributed by atoms with van der Waals surface area (Å²) in [6.45, 7) is 3.51. The van der Waals surface area contributed by atoms with Crippen LogP contribution in [0.4, 0.5) is 5.69 Å². The molecule has 1 N–H and O–H groups in total. The van der Waals surface area contributed by atoms with Crippen LogP contribution in [0.15, 0.2) is 53.4 Å². The molecule has 1 amide bonds. The summed E-state index contributed by atoms with van der Waals surface area (Å²) in [4.78, 5) is 30.6. The Balaban J connectivity index is 1.78. The number of fused-ring (bicyclic) bond motifs is 1. The molecule has 28 heavy (non-hydrogen) atoms. The second-order valence-corrected chi connectivity index (χ2v) is 7.10. The van der Waals surface area contributed by atoms with Gasteiger partial charge in [-0.15, -0.1) is 11.8 Å². The van der Waals surface area contributed by atoms with Crippen molar-refractivity contribution in [2.45, 2.75) is 25.2 Å². The number of nitrogens with one attached hydrogen (secondary N) is 1. The number of pyridine rings is 1. The van der Waals surface area contributed by atoms with Crippen LogP contribution in [0.3, 0.4) is 0 Å². The SMILES string of the molecule is CCc1nc2ccccc2c(C(=O)OCC(=O)Nc2ccccc2SC)c1C. The first kappa shape index (κ1) is 19.9. The highest BCUT2D eigenvalue weighted by molar-refractivity contribution is 7.98. The van der Waals surface area contributed by atoms with Crippen molar-refractivity contribution in [2.24, 2.45) is 0 Å². The quantitative estimate of drug-likeness (QED) is 0.488. The lowest BCUT2D eigenvalue weighted by atomic mass is 10.0. The molecule has 0 aliphatic heterocycles. The molecule has 0 aliphatic rings. The molecular weight excluding hydrogens is 372 g/mol. The number of anilines is 1. The first-order chi connectivity index (χ1) is 13.5. The van der Waals surface area contributed by atoms with Gasteiger partial charge in [-0.2, -0.15) is 0 Å². The number of ether oxygens (including phenoxy) is 1. The van der Waals surface area contributed by atoms with Crippen LogP contribution < -0.4 is 5.32 Å². The Bertz CT molecular complexity index is 1030. The number of nitrogens with zero attached hydrogens (tertiary/aromatic N) is 1. The molecule has 0 unspecified atom stereocenters. The molecule has 0 atom stereocenters. The molecule has 3 rings (SSSR count). The molecule has 0 aliphatic carbocycles. The number of rotatable bonds is 6. The van der Waals surface area contributed by atoms with E-state index in [0.717, 1.165) is 27.1 Å². The third-order valence-corrected chi connectivity index (χ3v) is 5.29. The predicted molar refractivity (Wildman–Crippen MR) is 113 cm³/mol. The molecule has 0 spiro atoms. The Morgan fingerprint density at radius 2 is 1.82 bits per heavy atom. The second kappa shape index (κ2) is 8.89. The zero-order chi connectivity index (χ0) is 20.1. The van der Waals surface area contributed by atoms with Crippen LogP contribution in [0.2, 0.25) is 0 Å². The summed E-state index contributed by atoms with van der Waals surface area (Å²) in [5, 5.41) is 3.53. The van der Waals surface area contributed by atoms with E-state index in [9.17, 15) is 9.59 Å². The van der Waals surface area contributed by atoms with Crippen LogP contribution in [-0.2, 0) is 16.0 Å². The maximum atomic E-state index is 12.8. The topological polar surface area (TPSA) is 68.3 Å². The molecule has 3 aromatic rings. The third-order valence-electron chi connectivity index (χ3n) is 4.49. The predicted octanol–water partition coefficient (Wildman–Crippen LogP) is 4.62. The van der Waals surface area contributed by atoms with Crippen molar-refractivity contribution >= 4 is 40.2 Å². The van der Waals surface area contributed by atoms with E-state index in [1.807, 2.05) is 68.6 Å². The summed E-state index contributed by atoms with van der Waals surface area (Å²) < 4.78 is 5.34. The molecule has 144 valence electrons. The van der Waals surface area contributed by atoms with Crippen molar-refractivity contribution in [3.8, 4) is 0 Å². The van der Waals surface area contributed by atoms with Crippen molar-refractivity contribution in [3.05, 3.63) is 65.4 Å². The summed E-state index contributed by atoms with van der Waals surface area (Å²) in [6.07, 6.45) is 2.65. The first-order valence-electron chi connectivity index (χ1n) is 9.03. The van der Waals surface area contributed by atoms with Crippen LogP contribution >= 0.6 is 11.8 Å². The van der Waals surface area contributed by atoms with E-state index < -0.39 is 5.97 Å². The van der Waals surface area contributed by atoms with E-state index in [-0.39, 0.29) is 12.5 Å². The fraction of sp³-hybridized carbons (Fsp3) is 0.227. The van der Waals surface area contributed by atoms with Gasteiger partial charge in [-0.3, -0.25) is 9.78 Å². The molecule has 2 aromatic carbocycles. The van der Waals surface area contributed by atoms with Crippen molar-refractivity contribution in [3.63, 3.8) is 0 Å². The Morgan fingerprint density at radius 1 is 1.11 bits per heavy atom. The molecule has 1 aromatic heterocycles. The Morgan fingerprint density at radius 3 is 2.57 bits per heavy atom. The monoisotopic (exact) mass is 394 g/mol. The summed E-state index contributed by atoms with van der Waals surface area (Å²) in [5.41, 5.74) is 3.56. The van der Waals surface area contributed by atoms with Gasteiger partial charge >= 0.3 is 5.97 Å². The molecule has 0 fully saturated rings. The Labute approximate surface area is 168 Å². The van der Waals surface area contributed by atoms with Gasteiger partial charge in [0.2, 0.25) is 0 Å². The summed E-state index contributed by atoms with van der Waals surface area (Å²) in [7, 11) is 0. The number of aryl methyl sites for hydroxylation is 1. The minimum absolute atomic E-state index is 0.348. The van der Waals surface area contributed by atoms with E-state index in [1.54, 1.807) is 0 Å². The van der Waals surface area contributed by atoms with Gasteiger partial charge in [0.1, 0.15) is 0 Å². The average Bonchev–Trinajstić information content (AvgIpc) is 2.72. The van der Waals surface area contributed by atoms with Gasteiger partial charge in [0.25, 0.3) is 5.91 Å². The van der Waals surface area contributed by atoms with Gasteiger partial charge in [0.15, 0.2) is 6.61 Å². The molecule has 0 saturated heterocycles. The lowest BCUT2D eigenvalue weighted by Crippen LogP contribution is -2.22. The van der Waals surface area contributed by atoms with Gasteiger partial charge in [-0.25, -0.2) is 4.79 Å². The number of carbonyl (C=O) groups excluding carboxylic acids is 2. The molecule has 0 radical (unpaired) electrons. The van der Waals surface area contributed by atoms with E-state index in [0.29, 0.717) is 17.7 Å². The van der Waals surface area contributed by atoms with Gasteiger partial charge in [0.05, 0.1) is 16.8 Å². The molecule has 6 heteroatoms. The lowest BCUT2D eigenvalue weighted by Gasteiger charge is -2.13. The zero-order valence-electron chi connectivity index (χ0n) is 16.1. The fourth-order valence-electron chi connectivity index (χ4n) is 3.10. The number of benzene rings is 2. The number of hydrogen-bond donors (Lipinski definition) is 1. The van der Waals surface area contributed by atoms with Gasteiger partial charge in [-0.05, 0) is 43.4 Å². The number of esters is 1. The van der Waals surface area contributed by atoms with E-state index >= 15 is 0 Å². The molecule has 1 heterocycles. The highest BCUT2D eigenvalue weighted by Gasteiger charge is 2.19. The van der Waals surface area contributed by atoms with Crippen LogP contribution in [-0.4, -0.2) is 29.7 Å². The number of carbonyl (C=O) groups is 2. The molecular formula is C22H22N2O3S. The number of amides is 1. The minimum Gasteiger partial charge on any atom is -0.452 e. The number of thioether (sulfide) groups is 1. The first-order valence-corrected chi connectivity index (χ1v) is 10.3. The van der Waals surface area contributed by atoms with E-state index in [2.05, 4.69) is 10.3 Å². The highest BCUT2D eigenvalue weighted by Crippen LogP contribution is 2.25. The summed E-state index contributed by atoms with van der Waals surface area (Å²) in [6, 6.07) is 15.0. The number of hydrogen-bond acceptors (Lipinski definition) is 5. The molecule has 5 nitrogen and oxygen atoms in total. The van der Waals surface area contributed by atoms with Gasteiger partial charge < -0.3 is 10.1 Å².